The Bertz CT molecular complexity index is 853. The van der Waals surface area contributed by atoms with Gasteiger partial charge in [0.05, 0.1) is 5.92 Å². The zero-order valence-corrected chi connectivity index (χ0v) is 16.8. The Morgan fingerprint density at radius 2 is 2.11 bits per heavy atom. The Kier molecular flexibility index (Phi) is 3.28. The molecule has 146 valence electrons. The van der Waals surface area contributed by atoms with Crippen LogP contribution in [-0.4, -0.2) is 54.2 Å². The smallest absolute Gasteiger partial charge is 0.165 e. The number of carbonyl (C=O) groups is 1. The Labute approximate surface area is 160 Å². The van der Waals surface area contributed by atoms with E-state index in [1.807, 2.05) is 6.92 Å². The maximum Gasteiger partial charge on any atom is 0.165 e. The lowest BCUT2D eigenvalue weighted by molar-refractivity contribution is -0.220. The SMILES string of the molecule is CO[C@]1(C)[C@@H](C(C)=O)C[C@]2(C)[C@H]3Cc4ccc(O)c5c4[C@@]2(CCN3C)[C@H]1O5. The molecule has 0 unspecified atom stereocenters. The maximum atomic E-state index is 12.7. The highest BCUT2D eigenvalue weighted by atomic mass is 16.6. The highest BCUT2D eigenvalue weighted by Gasteiger charge is 2.76. The van der Waals surface area contributed by atoms with E-state index < -0.39 is 5.60 Å². The van der Waals surface area contributed by atoms with Crippen LogP contribution < -0.4 is 4.74 Å². The van der Waals surface area contributed by atoms with E-state index in [0.717, 1.165) is 25.8 Å². The molecule has 5 heteroatoms. The minimum Gasteiger partial charge on any atom is -0.504 e. The van der Waals surface area contributed by atoms with Gasteiger partial charge in [-0.1, -0.05) is 13.0 Å². The Morgan fingerprint density at radius 1 is 1.37 bits per heavy atom. The summed E-state index contributed by atoms with van der Waals surface area (Å²) in [6, 6.07) is 4.17. The quantitative estimate of drug-likeness (QED) is 0.866. The second kappa shape index (κ2) is 5.06. The van der Waals surface area contributed by atoms with Gasteiger partial charge in [-0.3, -0.25) is 4.79 Å². The average Bonchev–Trinajstić information content (AvgIpc) is 2.99. The fraction of sp³-hybridized carbons (Fsp3) is 0.682. The minimum absolute atomic E-state index is 0.106. The van der Waals surface area contributed by atoms with Crippen molar-refractivity contribution in [2.75, 3.05) is 20.7 Å². The van der Waals surface area contributed by atoms with Crippen LogP contribution in [0.5, 0.6) is 11.5 Å². The van der Waals surface area contributed by atoms with Crippen LogP contribution in [0.15, 0.2) is 12.1 Å². The van der Waals surface area contributed by atoms with Crippen LogP contribution >= 0.6 is 0 Å². The first-order valence-corrected chi connectivity index (χ1v) is 9.98. The van der Waals surface area contributed by atoms with E-state index in [0.29, 0.717) is 11.8 Å². The van der Waals surface area contributed by atoms with Gasteiger partial charge in [-0.15, -0.1) is 0 Å². The Balaban J connectivity index is 1.85. The van der Waals surface area contributed by atoms with Gasteiger partial charge in [0.2, 0.25) is 0 Å². The first kappa shape index (κ1) is 17.5. The molecule has 2 aliphatic carbocycles. The van der Waals surface area contributed by atoms with E-state index in [2.05, 4.69) is 24.9 Å². The highest BCUT2D eigenvalue weighted by molar-refractivity contribution is 5.81. The number of aromatic hydroxyl groups is 1. The summed E-state index contributed by atoms with van der Waals surface area (Å²) >= 11 is 0. The van der Waals surface area contributed by atoms with Crippen LogP contribution in [0.2, 0.25) is 0 Å². The van der Waals surface area contributed by atoms with Crippen LogP contribution in [0, 0.1) is 11.3 Å². The summed E-state index contributed by atoms with van der Waals surface area (Å²) in [4.78, 5) is 15.2. The van der Waals surface area contributed by atoms with Crippen molar-refractivity contribution in [3.63, 3.8) is 0 Å². The number of methoxy groups -OCH3 is 1. The average molecular weight is 371 g/mol. The monoisotopic (exact) mass is 371 g/mol. The molecule has 0 aromatic heterocycles. The van der Waals surface area contributed by atoms with Crippen LogP contribution in [-0.2, 0) is 21.4 Å². The number of rotatable bonds is 2. The molecule has 1 aromatic carbocycles. The number of phenolic OH excluding ortho intramolecular Hbond substituents is 1. The Morgan fingerprint density at radius 3 is 2.78 bits per heavy atom. The topological polar surface area (TPSA) is 59.0 Å². The lowest BCUT2D eigenvalue weighted by atomic mass is 9.40. The van der Waals surface area contributed by atoms with Crippen molar-refractivity contribution in [2.24, 2.45) is 11.3 Å². The number of piperidine rings is 1. The summed E-state index contributed by atoms with van der Waals surface area (Å²) in [5, 5.41) is 10.6. The maximum absolute atomic E-state index is 12.7. The second-order valence-electron chi connectivity index (χ2n) is 9.54. The van der Waals surface area contributed by atoms with E-state index in [-0.39, 0.29) is 34.4 Å². The van der Waals surface area contributed by atoms with Gasteiger partial charge in [0, 0.05) is 24.1 Å². The third-order valence-corrected chi connectivity index (χ3v) is 8.68. The van der Waals surface area contributed by atoms with Crippen molar-refractivity contribution in [2.45, 2.75) is 63.2 Å². The highest BCUT2D eigenvalue weighted by Crippen LogP contribution is 2.71. The summed E-state index contributed by atoms with van der Waals surface area (Å²) in [5.41, 5.74) is 1.41. The second-order valence-corrected chi connectivity index (χ2v) is 9.54. The van der Waals surface area contributed by atoms with E-state index in [9.17, 15) is 9.90 Å². The van der Waals surface area contributed by atoms with Gasteiger partial charge in [-0.2, -0.15) is 0 Å². The lowest BCUT2D eigenvalue weighted by Gasteiger charge is -2.68. The molecule has 5 nitrogen and oxygen atoms in total. The number of benzene rings is 1. The summed E-state index contributed by atoms with van der Waals surface area (Å²) in [5.74, 6) is 0.762. The summed E-state index contributed by atoms with van der Waals surface area (Å²) in [7, 11) is 3.89. The number of ether oxygens (including phenoxy) is 2. The van der Waals surface area contributed by atoms with Crippen molar-refractivity contribution >= 4 is 5.78 Å². The minimum atomic E-state index is -0.716. The van der Waals surface area contributed by atoms with Gasteiger partial charge < -0.3 is 19.5 Å². The molecule has 2 heterocycles. The molecule has 4 aliphatic rings. The molecule has 1 N–H and O–H groups in total. The number of likely N-dealkylation sites (N-methyl/N-ethyl adjacent to an activating group) is 1. The number of nitrogens with zero attached hydrogens (tertiary/aromatic N) is 1. The van der Waals surface area contributed by atoms with Gasteiger partial charge >= 0.3 is 0 Å². The van der Waals surface area contributed by atoms with E-state index in [4.69, 9.17) is 9.47 Å². The van der Waals surface area contributed by atoms with Crippen molar-refractivity contribution in [1.29, 1.82) is 0 Å². The molecule has 2 aliphatic heterocycles. The Hall–Kier alpha value is -1.59. The predicted molar refractivity (Wildman–Crippen MR) is 101 cm³/mol. The van der Waals surface area contributed by atoms with E-state index >= 15 is 0 Å². The van der Waals surface area contributed by atoms with Crippen LogP contribution in [0.3, 0.4) is 0 Å². The van der Waals surface area contributed by atoms with Crippen LogP contribution in [0.4, 0.5) is 0 Å². The predicted octanol–water partition coefficient (Wildman–Crippen LogP) is 2.67. The number of likely N-dealkylation sites (tertiary alicyclic amines) is 1. The molecule has 2 fully saturated rings. The molecular weight excluding hydrogens is 342 g/mol. The summed E-state index contributed by atoms with van der Waals surface area (Å²) in [6.07, 6.45) is 2.40. The molecular formula is C22H29NO4. The number of phenols is 1. The van der Waals surface area contributed by atoms with Gasteiger partial charge in [-0.25, -0.2) is 0 Å². The number of hydrogen-bond acceptors (Lipinski definition) is 5. The fourth-order valence-electron chi connectivity index (χ4n) is 7.28. The zero-order valence-electron chi connectivity index (χ0n) is 16.8. The normalized spacial score (nSPS) is 44.6. The zero-order chi connectivity index (χ0) is 19.4. The van der Waals surface area contributed by atoms with Gasteiger partial charge in [0.15, 0.2) is 11.5 Å². The molecule has 1 saturated carbocycles. The van der Waals surface area contributed by atoms with Gasteiger partial charge in [-0.05, 0) is 63.7 Å². The van der Waals surface area contributed by atoms with Gasteiger partial charge in [0.1, 0.15) is 17.5 Å². The lowest BCUT2D eigenvalue weighted by Crippen LogP contribution is -2.76. The molecule has 6 atom stereocenters. The first-order valence-electron chi connectivity index (χ1n) is 9.98. The third-order valence-electron chi connectivity index (χ3n) is 8.68. The molecule has 0 amide bonds. The van der Waals surface area contributed by atoms with Crippen molar-refractivity contribution < 1.29 is 19.4 Å². The molecule has 1 aromatic rings. The summed E-state index contributed by atoms with van der Waals surface area (Å²) < 4.78 is 12.6. The van der Waals surface area contributed by atoms with E-state index in [1.54, 1.807) is 20.1 Å². The van der Waals surface area contributed by atoms with Crippen LogP contribution in [0.25, 0.3) is 0 Å². The number of hydrogen-bond donors (Lipinski definition) is 1. The molecule has 5 rings (SSSR count). The first-order chi connectivity index (χ1) is 12.7. The molecule has 27 heavy (non-hydrogen) atoms. The van der Waals surface area contributed by atoms with Crippen molar-refractivity contribution in [3.05, 3.63) is 23.3 Å². The van der Waals surface area contributed by atoms with Crippen LogP contribution in [0.1, 0.15) is 44.7 Å². The van der Waals surface area contributed by atoms with Gasteiger partial charge in [0.25, 0.3) is 0 Å². The third kappa shape index (κ3) is 1.72. The van der Waals surface area contributed by atoms with Crippen molar-refractivity contribution in [1.82, 2.24) is 4.90 Å². The summed E-state index contributed by atoms with van der Waals surface area (Å²) in [6.45, 7) is 7.04. The largest absolute Gasteiger partial charge is 0.504 e. The molecule has 0 radical (unpaired) electrons. The number of carbonyl (C=O) groups excluding carboxylic acids is 1. The van der Waals surface area contributed by atoms with Crippen molar-refractivity contribution in [3.8, 4) is 11.5 Å². The molecule has 1 saturated heterocycles. The standard InChI is InChI=1S/C22H29NO4/c1-12(24)14-11-20(2)16-10-13-6-7-15(25)18-17(13)22(20,8-9-23(16)4)19(27-18)21(14,3)26-5/h6-7,14,16,19,25H,8-11H2,1-5H3/t14-,16-,19+,20-,21-,22+/m1/s1. The van der Waals surface area contributed by atoms with E-state index in [1.165, 1.54) is 11.1 Å². The number of Topliss-reactive ketones (excluding diaryl/α,β-unsaturated/α-hetero) is 1. The molecule has 1 spiro atoms. The molecule has 2 bridgehead atoms. The number of ketones is 1. The fourth-order valence-corrected chi connectivity index (χ4v) is 7.28.